The monoisotopic (exact) mass is 399 g/mol. The van der Waals surface area contributed by atoms with Crippen molar-refractivity contribution < 1.29 is 14.6 Å². The fourth-order valence-electron chi connectivity index (χ4n) is 3.87. The molecular formula is C22H29N3O4. The normalized spacial score (nSPS) is 19.8. The Bertz CT molecular complexity index is 860. The number of carbonyl (C=O) groups excluding carboxylic acids is 1. The van der Waals surface area contributed by atoms with Crippen LogP contribution in [-0.2, 0) is 6.54 Å². The fourth-order valence-corrected chi connectivity index (χ4v) is 3.87. The van der Waals surface area contributed by atoms with E-state index in [1.807, 2.05) is 31.3 Å². The van der Waals surface area contributed by atoms with Crippen molar-refractivity contribution in [1.82, 2.24) is 14.8 Å². The molecule has 1 atom stereocenters. The van der Waals surface area contributed by atoms with Crippen LogP contribution in [0.1, 0.15) is 35.2 Å². The lowest BCUT2D eigenvalue weighted by Gasteiger charge is -2.31. The molecule has 29 heavy (non-hydrogen) atoms. The number of hydrogen-bond donors (Lipinski definition) is 2. The number of rotatable bonds is 6. The lowest BCUT2D eigenvalue weighted by atomic mass is 9.94. The number of likely N-dealkylation sites (tertiary alicyclic amines) is 1. The molecule has 2 heterocycles. The second kappa shape index (κ2) is 9.24. The lowest BCUT2D eigenvalue weighted by molar-refractivity contribution is -0.00401. The van der Waals surface area contributed by atoms with Gasteiger partial charge in [-0.2, -0.15) is 0 Å². The minimum atomic E-state index is -0.832. The molecule has 0 bridgehead atoms. The molecule has 0 saturated carbocycles. The van der Waals surface area contributed by atoms with Crippen LogP contribution in [0, 0.1) is 0 Å². The summed E-state index contributed by atoms with van der Waals surface area (Å²) in [7, 11) is 3.64. The minimum Gasteiger partial charge on any atom is -0.497 e. The van der Waals surface area contributed by atoms with E-state index in [-0.39, 0.29) is 11.5 Å². The summed E-state index contributed by atoms with van der Waals surface area (Å²) in [5.41, 5.74) is 0.556. The maximum absolute atomic E-state index is 12.7. The van der Waals surface area contributed by atoms with Crippen molar-refractivity contribution in [2.45, 2.75) is 31.4 Å². The highest BCUT2D eigenvalue weighted by molar-refractivity contribution is 5.93. The molecule has 1 aromatic heterocycles. The lowest BCUT2D eigenvalue weighted by Crippen LogP contribution is -2.42. The molecule has 3 rings (SSSR count). The summed E-state index contributed by atoms with van der Waals surface area (Å²) < 4.78 is 5.19. The molecule has 1 aliphatic rings. The number of aromatic amines is 1. The summed E-state index contributed by atoms with van der Waals surface area (Å²) >= 11 is 0. The van der Waals surface area contributed by atoms with Gasteiger partial charge < -0.3 is 19.7 Å². The number of carbonyl (C=O) groups is 1. The van der Waals surface area contributed by atoms with E-state index in [1.54, 1.807) is 18.1 Å². The van der Waals surface area contributed by atoms with Crippen LogP contribution in [0.3, 0.4) is 0 Å². The van der Waals surface area contributed by atoms with E-state index in [0.29, 0.717) is 38.0 Å². The van der Waals surface area contributed by atoms with Crippen LogP contribution in [0.2, 0.25) is 0 Å². The highest BCUT2D eigenvalue weighted by atomic mass is 16.5. The molecule has 1 aliphatic heterocycles. The molecule has 0 unspecified atom stereocenters. The topological polar surface area (TPSA) is 85.9 Å². The van der Waals surface area contributed by atoms with Crippen LogP contribution in [0.5, 0.6) is 5.75 Å². The van der Waals surface area contributed by atoms with Gasteiger partial charge in [0.05, 0.1) is 18.3 Å². The first kappa shape index (κ1) is 21.1. The number of nitrogens with zero attached hydrogens (tertiary/aromatic N) is 2. The van der Waals surface area contributed by atoms with Crippen LogP contribution < -0.4 is 10.3 Å². The van der Waals surface area contributed by atoms with Crippen molar-refractivity contribution in [1.29, 1.82) is 0 Å². The number of hydrogen-bond acceptors (Lipinski definition) is 5. The smallest absolute Gasteiger partial charge is 0.255 e. The molecule has 1 saturated heterocycles. The molecule has 0 radical (unpaired) electrons. The van der Waals surface area contributed by atoms with Crippen LogP contribution in [0.25, 0.3) is 0 Å². The maximum atomic E-state index is 12.7. The summed E-state index contributed by atoms with van der Waals surface area (Å²) in [5.74, 6) is 0.711. The standard InChI is InChI=1S/C22H29N3O4/c1-24(15-17-4-7-19(29-2)8-5-17)16-22(28)10-3-12-25(13-11-22)21(27)18-6-9-20(26)23-14-18/h4-9,14,28H,3,10-13,15-16H2,1-2H3,(H,23,26)/t22-/m0/s1. The quantitative estimate of drug-likeness (QED) is 0.775. The number of amides is 1. The van der Waals surface area contributed by atoms with Gasteiger partial charge in [-0.05, 0) is 50.1 Å². The Balaban J connectivity index is 1.57. The number of benzene rings is 1. The Morgan fingerprint density at radius 1 is 1.21 bits per heavy atom. The van der Waals surface area contributed by atoms with Gasteiger partial charge in [0, 0.05) is 38.4 Å². The number of likely N-dealkylation sites (N-methyl/N-ethyl adjacent to an activating group) is 1. The second-order valence-corrected chi connectivity index (χ2v) is 7.83. The van der Waals surface area contributed by atoms with Gasteiger partial charge in [0.15, 0.2) is 0 Å². The molecule has 0 aliphatic carbocycles. The third kappa shape index (κ3) is 5.68. The first-order valence-electron chi connectivity index (χ1n) is 9.90. The van der Waals surface area contributed by atoms with Crippen LogP contribution >= 0.6 is 0 Å². The zero-order valence-corrected chi connectivity index (χ0v) is 17.1. The van der Waals surface area contributed by atoms with Gasteiger partial charge in [-0.15, -0.1) is 0 Å². The molecule has 7 heteroatoms. The summed E-state index contributed by atoms with van der Waals surface area (Å²) in [6, 6.07) is 10.8. The van der Waals surface area contributed by atoms with E-state index in [0.717, 1.165) is 24.3 Å². The van der Waals surface area contributed by atoms with Crippen molar-refractivity contribution in [3.05, 3.63) is 64.1 Å². The Labute approximate surface area is 170 Å². The van der Waals surface area contributed by atoms with Gasteiger partial charge in [-0.3, -0.25) is 14.5 Å². The third-order valence-corrected chi connectivity index (χ3v) is 5.41. The molecule has 0 spiro atoms. The highest BCUT2D eigenvalue weighted by Crippen LogP contribution is 2.25. The first-order chi connectivity index (χ1) is 13.9. The second-order valence-electron chi connectivity index (χ2n) is 7.83. The highest BCUT2D eigenvalue weighted by Gasteiger charge is 2.32. The predicted octanol–water partition coefficient (Wildman–Crippen LogP) is 1.87. The molecule has 2 N–H and O–H groups in total. The van der Waals surface area contributed by atoms with E-state index in [9.17, 15) is 14.7 Å². The fraction of sp³-hybridized carbons (Fsp3) is 0.455. The van der Waals surface area contributed by atoms with Gasteiger partial charge >= 0.3 is 0 Å². The molecular weight excluding hydrogens is 370 g/mol. The minimum absolute atomic E-state index is 0.114. The van der Waals surface area contributed by atoms with E-state index >= 15 is 0 Å². The molecule has 2 aromatic rings. The van der Waals surface area contributed by atoms with E-state index in [2.05, 4.69) is 9.88 Å². The van der Waals surface area contributed by atoms with Crippen LogP contribution in [0.15, 0.2) is 47.4 Å². The van der Waals surface area contributed by atoms with E-state index in [1.165, 1.54) is 12.3 Å². The van der Waals surface area contributed by atoms with Crippen LogP contribution in [-0.4, -0.2) is 65.2 Å². The van der Waals surface area contributed by atoms with Crippen molar-refractivity contribution in [2.24, 2.45) is 0 Å². The Hall–Kier alpha value is -2.64. The largest absolute Gasteiger partial charge is 0.497 e. The third-order valence-electron chi connectivity index (χ3n) is 5.41. The number of aliphatic hydroxyl groups is 1. The van der Waals surface area contributed by atoms with E-state index in [4.69, 9.17) is 4.74 Å². The zero-order valence-electron chi connectivity index (χ0n) is 17.1. The predicted molar refractivity (Wildman–Crippen MR) is 111 cm³/mol. The van der Waals surface area contributed by atoms with Crippen molar-refractivity contribution in [3.8, 4) is 5.75 Å². The summed E-state index contributed by atoms with van der Waals surface area (Å²) in [6.07, 6.45) is 3.36. The zero-order chi connectivity index (χ0) is 20.9. The molecule has 1 aromatic carbocycles. The van der Waals surface area contributed by atoms with Gasteiger partial charge in [0.1, 0.15) is 5.75 Å². The van der Waals surface area contributed by atoms with Crippen LogP contribution in [0.4, 0.5) is 0 Å². The number of pyridine rings is 1. The average Bonchev–Trinajstić information content (AvgIpc) is 2.90. The number of methoxy groups -OCH3 is 1. The summed E-state index contributed by atoms with van der Waals surface area (Å²) in [6.45, 7) is 2.36. The number of aromatic nitrogens is 1. The van der Waals surface area contributed by atoms with Gasteiger partial charge in [0.2, 0.25) is 5.56 Å². The number of ether oxygens (including phenoxy) is 1. The number of nitrogens with one attached hydrogen (secondary N) is 1. The molecule has 156 valence electrons. The molecule has 1 amide bonds. The average molecular weight is 399 g/mol. The van der Waals surface area contributed by atoms with Gasteiger partial charge in [-0.1, -0.05) is 12.1 Å². The summed E-state index contributed by atoms with van der Waals surface area (Å²) in [4.78, 5) is 30.3. The van der Waals surface area contributed by atoms with Crippen molar-refractivity contribution in [3.63, 3.8) is 0 Å². The Morgan fingerprint density at radius 3 is 2.62 bits per heavy atom. The Morgan fingerprint density at radius 2 is 1.97 bits per heavy atom. The Kier molecular flexibility index (Phi) is 6.71. The van der Waals surface area contributed by atoms with Gasteiger partial charge in [-0.25, -0.2) is 0 Å². The SMILES string of the molecule is COc1ccc(CN(C)C[C@]2(O)CCCN(C(=O)c3ccc(=O)[nH]c3)CC2)cc1. The van der Waals surface area contributed by atoms with Gasteiger partial charge in [0.25, 0.3) is 5.91 Å². The molecule has 7 nitrogen and oxygen atoms in total. The maximum Gasteiger partial charge on any atom is 0.255 e. The molecule has 1 fully saturated rings. The van der Waals surface area contributed by atoms with Crippen molar-refractivity contribution in [2.75, 3.05) is 33.8 Å². The van der Waals surface area contributed by atoms with Crippen molar-refractivity contribution >= 4 is 5.91 Å². The summed E-state index contributed by atoms with van der Waals surface area (Å²) in [5, 5.41) is 11.1. The first-order valence-corrected chi connectivity index (χ1v) is 9.90. The van der Waals surface area contributed by atoms with E-state index < -0.39 is 5.60 Å². The number of H-pyrrole nitrogens is 1.